The number of alkyl halides is 3. The summed E-state index contributed by atoms with van der Waals surface area (Å²) in [6, 6.07) is 0. The molecule has 0 spiro atoms. The van der Waals surface area contributed by atoms with Crippen molar-refractivity contribution in [3.05, 3.63) is 22.1 Å². The second-order valence-corrected chi connectivity index (χ2v) is 5.43. The zero-order valence-electron chi connectivity index (χ0n) is 14.1. The molecule has 0 atom stereocenters. The minimum atomic E-state index is -4.97. The minimum Gasteiger partial charge on any atom is -0.369 e. The van der Waals surface area contributed by atoms with Crippen LogP contribution in [0.4, 0.5) is 19.1 Å². The van der Waals surface area contributed by atoms with E-state index in [-0.39, 0.29) is 16.9 Å². The summed E-state index contributed by atoms with van der Waals surface area (Å²) in [5.41, 5.74) is 0.120. The van der Waals surface area contributed by atoms with E-state index in [1.165, 1.54) is 12.5 Å². The molecule has 2 aromatic heterocycles. The Bertz CT molecular complexity index is 975. The van der Waals surface area contributed by atoms with Crippen molar-refractivity contribution in [2.45, 2.75) is 6.18 Å². The van der Waals surface area contributed by atoms with E-state index in [4.69, 9.17) is 0 Å². The number of H-pyrrole nitrogens is 1. The number of hydrogen-bond acceptors (Lipinski definition) is 4. The van der Waals surface area contributed by atoms with Gasteiger partial charge in [0.1, 0.15) is 0 Å². The molecule has 2 aromatic rings. The zero-order chi connectivity index (χ0) is 19.5. The Morgan fingerprint density at radius 3 is 2.81 bits per heavy atom. The molecule has 2 heterocycles. The molecule has 0 fully saturated rings. The second-order valence-electron chi connectivity index (χ2n) is 5.43. The van der Waals surface area contributed by atoms with E-state index in [0.29, 0.717) is 5.65 Å². The molecule has 0 aromatic carbocycles. The highest BCUT2D eigenvalue weighted by molar-refractivity contribution is 5.84. The van der Waals surface area contributed by atoms with Crippen molar-refractivity contribution in [2.24, 2.45) is 12.0 Å². The normalized spacial score (nSPS) is 11.5. The van der Waals surface area contributed by atoms with Crippen LogP contribution >= 0.6 is 0 Å². The Hall–Kier alpha value is -3.29. The van der Waals surface area contributed by atoms with Crippen LogP contribution < -0.4 is 10.9 Å². The summed E-state index contributed by atoms with van der Waals surface area (Å²) in [7, 11) is 5.16. The number of aryl methyl sites for hydroxylation is 1. The molecule has 11 heteroatoms. The molecule has 0 unspecified atom stereocenters. The van der Waals surface area contributed by atoms with Crippen molar-refractivity contribution in [2.75, 3.05) is 20.6 Å². The van der Waals surface area contributed by atoms with Gasteiger partial charge in [-0.25, -0.2) is 4.99 Å². The average Bonchev–Trinajstić information content (AvgIpc) is 2.85. The monoisotopic (exact) mass is 368 g/mol. The number of nitrogens with one attached hydrogen (secondary N) is 2. The Balaban J connectivity index is 2.30. The molecule has 0 bridgehead atoms. The number of aliphatic imine (C=N–C) groups is 1. The third-order valence-corrected chi connectivity index (χ3v) is 3.04. The quantitative estimate of drug-likeness (QED) is 0.469. The lowest BCUT2D eigenvalue weighted by Gasteiger charge is -2.03. The maximum Gasteiger partial charge on any atom is 0.471 e. The van der Waals surface area contributed by atoms with Crippen LogP contribution in [-0.4, -0.2) is 58.5 Å². The third-order valence-electron chi connectivity index (χ3n) is 3.04. The maximum atomic E-state index is 12.3. The van der Waals surface area contributed by atoms with Crippen molar-refractivity contribution in [3.63, 3.8) is 0 Å². The molecule has 0 radical (unpaired) electrons. The molecule has 0 aliphatic rings. The average molecular weight is 368 g/mol. The summed E-state index contributed by atoms with van der Waals surface area (Å²) < 4.78 is 37.8. The van der Waals surface area contributed by atoms with E-state index in [2.05, 4.69) is 26.8 Å². The van der Waals surface area contributed by atoms with Gasteiger partial charge in [-0.1, -0.05) is 11.8 Å². The third kappa shape index (κ3) is 4.41. The van der Waals surface area contributed by atoms with Gasteiger partial charge in [-0.3, -0.25) is 14.6 Å². The minimum absolute atomic E-state index is 0.106. The number of nitrogens with zero attached hydrogens (tertiary/aromatic N) is 4. The zero-order valence-corrected chi connectivity index (χ0v) is 14.1. The fourth-order valence-electron chi connectivity index (χ4n) is 1.96. The van der Waals surface area contributed by atoms with Crippen LogP contribution in [-0.2, 0) is 11.8 Å². The number of amides is 1. The van der Waals surface area contributed by atoms with Crippen molar-refractivity contribution >= 4 is 29.2 Å². The van der Waals surface area contributed by atoms with Crippen LogP contribution in [0.5, 0.6) is 0 Å². The van der Waals surface area contributed by atoms with Gasteiger partial charge in [0, 0.05) is 27.3 Å². The molecule has 2 N–H and O–H groups in total. The molecule has 8 nitrogen and oxygen atoms in total. The number of carbonyl (C=O) groups excluding carboxylic acids is 1. The molecule has 2 rings (SSSR count). The van der Waals surface area contributed by atoms with Crippen LogP contribution in [0.3, 0.4) is 0 Å². The molecule has 0 aliphatic heterocycles. The molecule has 26 heavy (non-hydrogen) atoms. The number of aromatic amines is 1. The summed E-state index contributed by atoms with van der Waals surface area (Å²) in [6.45, 7) is -0.509. The first-order chi connectivity index (χ1) is 12.1. The van der Waals surface area contributed by atoms with Crippen molar-refractivity contribution < 1.29 is 18.0 Å². The first-order valence-electron chi connectivity index (χ1n) is 7.23. The highest BCUT2D eigenvalue weighted by atomic mass is 19.4. The highest BCUT2D eigenvalue weighted by Gasteiger charge is 2.38. The number of aromatic nitrogens is 3. The van der Waals surface area contributed by atoms with Gasteiger partial charge in [0.25, 0.3) is 5.56 Å². The predicted octanol–water partition coefficient (Wildman–Crippen LogP) is 0.513. The molecule has 1 amide bonds. The number of halogens is 3. The van der Waals surface area contributed by atoms with E-state index >= 15 is 0 Å². The molecule has 0 saturated heterocycles. The lowest BCUT2D eigenvalue weighted by molar-refractivity contribution is -0.173. The van der Waals surface area contributed by atoms with Gasteiger partial charge in [-0.15, -0.1) is 0 Å². The van der Waals surface area contributed by atoms with E-state index < -0.39 is 24.2 Å². The van der Waals surface area contributed by atoms with Crippen LogP contribution in [0.2, 0.25) is 0 Å². The lowest BCUT2D eigenvalue weighted by Crippen LogP contribution is -2.36. The molecular weight excluding hydrogens is 353 g/mol. The lowest BCUT2D eigenvalue weighted by atomic mass is 10.2. The topological polar surface area (TPSA) is 95.4 Å². The number of hydrogen-bond donors (Lipinski definition) is 2. The fourth-order valence-corrected chi connectivity index (χ4v) is 1.96. The maximum absolute atomic E-state index is 12.3. The van der Waals surface area contributed by atoms with Gasteiger partial charge in [-0.2, -0.15) is 18.2 Å². The van der Waals surface area contributed by atoms with Gasteiger partial charge in [-0.05, 0) is 0 Å². The first kappa shape index (κ1) is 19.0. The summed E-state index contributed by atoms with van der Waals surface area (Å²) >= 11 is 0. The largest absolute Gasteiger partial charge is 0.471 e. The Morgan fingerprint density at radius 2 is 2.19 bits per heavy atom. The predicted molar refractivity (Wildman–Crippen MR) is 89.1 cm³/mol. The highest BCUT2D eigenvalue weighted by Crippen LogP contribution is 2.16. The molecule has 0 saturated carbocycles. The van der Waals surface area contributed by atoms with Crippen LogP contribution in [0.1, 0.15) is 5.56 Å². The van der Waals surface area contributed by atoms with E-state index in [9.17, 15) is 22.8 Å². The van der Waals surface area contributed by atoms with Crippen LogP contribution in [0, 0.1) is 11.8 Å². The van der Waals surface area contributed by atoms with E-state index in [1.54, 1.807) is 35.9 Å². The molecular formula is C15H15F3N6O2. The second kappa shape index (κ2) is 7.30. The van der Waals surface area contributed by atoms with Gasteiger partial charge in [0.15, 0.2) is 5.65 Å². The fraction of sp³-hybridized carbons (Fsp3) is 0.333. The summed E-state index contributed by atoms with van der Waals surface area (Å²) in [6.07, 6.45) is -1.98. The number of carbonyl (C=O) groups is 1. The number of fused-ring (bicyclic) bond motifs is 1. The molecule has 138 valence electrons. The summed E-state index contributed by atoms with van der Waals surface area (Å²) in [4.78, 5) is 35.4. The summed E-state index contributed by atoms with van der Waals surface area (Å²) in [5, 5.41) is 1.82. The Morgan fingerprint density at radius 1 is 1.50 bits per heavy atom. The van der Waals surface area contributed by atoms with Crippen molar-refractivity contribution in [3.8, 4) is 11.8 Å². The standard InChI is InChI=1S/C15H15F3N6O2/c1-23(2)8-20-14-21-11-10(12(25)22-14)9(7-24(11)3)5-4-6-19-13(26)15(16,17)18/h7-8H,6H2,1-3H3,(H,19,26)(H,21,22,25). The van der Waals surface area contributed by atoms with Gasteiger partial charge in [0.05, 0.1) is 23.8 Å². The van der Waals surface area contributed by atoms with Crippen LogP contribution in [0.25, 0.3) is 11.0 Å². The molecule has 0 aliphatic carbocycles. The van der Waals surface area contributed by atoms with Crippen LogP contribution in [0.15, 0.2) is 16.0 Å². The van der Waals surface area contributed by atoms with Crippen molar-refractivity contribution in [1.82, 2.24) is 24.8 Å². The SMILES string of the molecule is CN(C)C=Nc1nc2c(c(C#CCNC(=O)C(F)(F)F)cn2C)c(=O)[nH]1. The Labute approximate surface area is 145 Å². The van der Waals surface area contributed by atoms with Crippen molar-refractivity contribution in [1.29, 1.82) is 0 Å². The van der Waals surface area contributed by atoms with E-state index in [1.807, 2.05) is 0 Å². The smallest absolute Gasteiger partial charge is 0.369 e. The number of rotatable bonds is 3. The Kier molecular flexibility index (Phi) is 5.35. The van der Waals surface area contributed by atoms with Gasteiger partial charge >= 0.3 is 12.1 Å². The first-order valence-corrected chi connectivity index (χ1v) is 7.23. The van der Waals surface area contributed by atoms with Gasteiger partial charge < -0.3 is 14.8 Å². The van der Waals surface area contributed by atoms with Gasteiger partial charge in [0.2, 0.25) is 5.95 Å². The summed E-state index contributed by atoms with van der Waals surface area (Å²) in [5.74, 6) is 2.98. The van der Waals surface area contributed by atoms with E-state index in [0.717, 1.165) is 0 Å².